The summed E-state index contributed by atoms with van der Waals surface area (Å²) in [6, 6.07) is 8.60. The number of carbonyl (C=O) groups excluding carboxylic acids is 1. The maximum atomic E-state index is 13.8. The van der Waals surface area contributed by atoms with Gasteiger partial charge in [-0.05, 0) is 80.6 Å². The van der Waals surface area contributed by atoms with Gasteiger partial charge >= 0.3 is 5.97 Å². The van der Waals surface area contributed by atoms with Crippen LogP contribution in [0, 0.1) is 19.7 Å². The molecule has 0 amide bonds. The normalized spacial score (nSPS) is 12.6. The lowest BCUT2D eigenvalue weighted by molar-refractivity contribution is -0.145. The maximum Gasteiger partial charge on any atom is 0.344 e. The molecule has 0 aliphatic rings. The quantitative estimate of drug-likeness (QED) is 0.145. The zero-order valence-corrected chi connectivity index (χ0v) is 24.4. The number of hydrogen-bond acceptors (Lipinski definition) is 8. The van der Waals surface area contributed by atoms with Gasteiger partial charge in [0.05, 0.1) is 17.4 Å². The second-order valence-electron chi connectivity index (χ2n) is 8.60. The first-order chi connectivity index (χ1) is 17.5. The number of rotatable bonds is 13. The SMILES string of the molecule is CCOC(=O)COc1ccc(S[C@H](C)CNCCCS(=O)(=O)c2sc3cc(Cl)c(F)cc3c2C)cc1C. The molecule has 3 aromatic rings. The van der Waals surface area contributed by atoms with Gasteiger partial charge in [0, 0.05) is 21.4 Å². The fourth-order valence-electron chi connectivity index (χ4n) is 3.74. The van der Waals surface area contributed by atoms with Gasteiger partial charge in [0.25, 0.3) is 0 Å². The number of ether oxygens (including phenoxy) is 2. The first-order valence-corrected chi connectivity index (χ1v) is 15.6. The number of esters is 1. The molecule has 0 saturated carbocycles. The summed E-state index contributed by atoms with van der Waals surface area (Å²) in [7, 11) is -3.48. The van der Waals surface area contributed by atoms with E-state index in [4.69, 9.17) is 21.1 Å². The first kappa shape index (κ1) is 29.7. The molecule has 0 aliphatic carbocycles. The average molecular weight is 588 g/mol. The molecule has 0 spiro atoms. The smallest absolute Gasteiger partial charge is 0.344 e. The van der Waals surface area contributed by atoms with Crippen molar-refractivity contribution in [1.82, 2.24) is 5.32 Å². The summed E-state index contributed by atoms with van der Waals surface area (Å²) in [6.07, 6.45) is 0.466. The highest BCUT2D eigenvalue weighted by Crippen LogP contribution is 2.37. The van der Waals surface area contributed by atoms with Crippen molar-refractivity contribution in [2.45, 2.75) is 48.5 Å². The molecule has 37 heavy (non-hydrogen) atoms. The summed E-state index contributed by atoms with van der Waals surface area (Å²) < 4.78 is 51.0. The molecule has 0 bridgehead atoms. The monoisotopic (exact) mass is 587 g/mol. The van der Waals surface area contributed by atoms with E-state index in [0.29, 0.717) is 47.5 Å². The summed E-state index contributed by atoms with van der Waals surface area (Å²) in [5, 5.41) is 4.16. The molecule has 0 saturated heterocycles. The van der Waals surface area contributed by atoms with E-state index in [1.54, 1.807) is 25.6 Å². The van der Waals surface area contributed by atoms with Crippen LogP contribution in [0.1, 0.15) is 31.4 Å². The van der Waals surface area contributed by atoms with E-state index in [0.717, 1.165) is 21.8 Å². The van der Waals surface area contributed by atoms with Crippen LogP contribution in [0.3, 0.4) is 0 Å². The van der Waals surface area contributed by atoms with Gasteiger partial charge in [-0.25, -0.2) is 17.6 Å². The minimum Gasteiger partial charge on any atom is -0.482 e. The fraction of sp³-hybridized carbons (Fsp3) is 0.423. The molecule has 0 fully saturated rings. The number of hydrogen-bond donors (Lipinski definition) is 1. The molecule has 1 atom stereocenters. The molecule has 3 rings (SSSR count). The molecule has 0 aliphatic heterocycles. The van der Waals surface area contributed by atoms with Crippen LogP contribution in [0.2, 0.25) is 5.02 Å². The highest BCUT2D eigenvalue weighted by Gasteiger charge is 2.22. The number of thiophene rings is 1. The number of sulfone groups is 1. The zero-order chi connectivity index (χ0) is 27.2. The number of carbonyl (C=O) groups is 1. The third-order valence-corrected chi connectivity index (χ3v) is 10.7. The average Bonchev–Trinajstić information content (AvgIpc) is 3.15. The Morgan fingerprint density at radius 3 is 2.70 bits per heavy atom. The number of thioether (sulfide) groups is 1. The Hall–Kier alpha value is -1.85. The van der Waals surface area contributed by atoms with Gasteiger partial charge in [-0.2, -0.15) is 0 Å². The van der Waals surface area contributed by atoms with Gasteiger partial charge in [0.2, 0.25) is 0 Å². The minimum atomic E-state index is -3.48. The van der Waals surface area contributed by atoms with Gasteiger partial charge in [0.15, 0.2) is 16.4 Å². The summed E-state index contributed by atoms with van der Waals surface area (Å²) in [4.78, 5) is 12.6. The molecule has 1 heterocycles. The molecule has 202 valence electrons. The second kappa shape index (κ2) is 13.3. The van der Waals surface area contributed by atoms with Crippen LogP contribution in [0.5, 0.6) is 5.75 Å². The maximum absolute atomic E-state index is 13.8. The molecule has 1 N–H and O–H groups in total. The lowest BCUT2D eigenvalue weighted by Crippen LogP contribution is -2.25. The second-order valence-corrected chi connectivity index (χ2v) is 13.9. The van der Waals surface area contributed by atoms with Crippen molar-refractivity contribution in [2.75, 3.05) is 32.1 Å². The predicted molar refractivity (Wildman–Crippen MR) is 150 cm³/mol. The fourth-order valence-corrected chi connectivity index (χ4v) is 8.31. The van der Waals surface area contributed by atoms with Crippen LogP contribution in [0.25, 0.3) is 10.1 Å². The van der Waals surface area contributed by atoms with E-state index < -0.39 is 21.6 Å². The van der Waals surface area contributed by atoms with Crippen molar-refractivity contribution in [2.24, 2.45) is 0 Å². The number of halogens is 2. The van der Waals surface area contributed by atoms with Gasteiger partial charge in [-0.15, -0.1) is 23.1 Å². The van der Waals surface area contributed by atoms with Gasteiger partial charge in [-0.3, -0.25) is 0 Å². The van der Waals surface area contributed by atoms with Gasteiger partial charge in [0.1, 0.15) is 15.8 Å². The van der Waals surface area contributed by atoms with Crippen LogP contribution < -0.4 is 10.1 Å². The Labute approximate surface area is 230 Å². The van der Waals surface area contributed by atoms with Crippen molar-refractivity contribution in [3.8, 4) is 5.75 Å². The third kappa shape index (κ3) is 8.07. The van der Waals surface area contributed by atoms with Crippen LogP contribution >= 0.6 is 34.7 Å². The number of benzene rings is 2. The third-order valence-electron chi connectivity index (χ3n) is 5.55. The number of nitrogens with one attached hydrogen (secondary N) is 1. The lowest BCUT2D eigenvalue weighted by Gasteiger charge is -2.14. The Morgan fingerprint density at radius 1 is 1.24 bits per heavy atom. The molecule has 0 radical (unpaired) electrons. The summed E-state index contributed by atoms with van der Waals surface area (Å²) >= 11 is 8.69. The van der Waals surface area contributed by atoms with E-state index >= 15 is 0 Å². The van der Waals surface area contributed by atoms with Crippen molar-refractivity contribution in [3.63, 3.8) is 0 Å². The topological polar surface area (TPSA) is 81.7 Å². The van der Waals surface area contributed by atoms with Crippen LogP contribution in [0.4, 0.5) is 4.39 Å². The van der Waals surface area contributed by atoms with Crippen LogP contribution in [-0.2, 0) is 19.4 Å². The van der Waals surface area contributed by atoms with Crippen molar-refractivity contribution >= 4 is 60.6 Å². The van der Waals surface area contributed by atoms with E-state index in [-0.39, 0.29) is 26.8 Å². The van der Waals surface area contributed by atoms with Gasteiger partial charge < -0.3 is 14.8 Å². The lowest BCUT2D eigenvalue weighted by atomic mass is 10.2. The van der Waals surface area contributed by atoms with E-state index in [1.807, 2.05) is 25.1 Å². The molecule has 6 nitrogen and oxygen atoms in total. The molecular formula is C26H31ClFNO5S3. The molecular weight excluding hydrogens is 557 g/mol. The van der Waals surface area contributed by atoms with Crippen molar-refractivity contribution in [1.29, 1.82) is 0 Å². The Balaban J connectivity index is 1.45. The Kier molecular flexibility index (Phi) is 10.7. The molecule has 2 aromatic carbocycles. The van der Waals surface area contributed by atoms with Crippen molar-refractivity contribution in [3.05, 3.63) is 52.3 Å². The first-order valence-electron chi connectivity index (χ1n) is 11.9. The Morgan fingerprint density at radius 2 is 2.00 bits per heavy atom. The van der Waals surface area contributed by atoms with E-state index in [2.05, 4.69) is 12.2 Å². The van der Waals surface area contributed by atoms with E-state index in [1.165, 1.54) is 12.1 Å². The highest BCUT2D eigenvalue weighted by atomic mass is 35.5. The standard InChI is InChI=1S/C26H31ClFNO5S3/c1-5-33-25(30)15-34-23-8-7-19(11-16(23)2)35-17(3)14-29-9-6-10-37(31,32)26-18(4)20-12-22(28)21(27)13-24(20)36-26/h7-8,11-13,17,29H,5-6,9-10,14-15H2,1-4H3/t17-/m1/s1. The van der Waals surface area contributed by atoms with Crippen LogP contribution in [-0.4, -0.2) is 51.7 Å². The Bertz CT molecular complexity index is 1360. The summed E-state index contributed by atoms with van der Waals surface area (Å²) in [5.74, 6) is -0.292. The number of aryl methyl sites for hydroxylation is 2. The van der Waals surface area contributed by atoms with E-state index in [9.17, 15) is 17.6 Å². The van der Waals surface area contributed by atoms with Gasteiger partial charge in [-0.1, -0.05) is 18.5 Å². The summed E-state index contributed by atoms with van der Waals surface area (Å²) in [6.45, 7) is 8.96. The number of fused-ring (bicyclic) bond motifs is 1. The highest BCUT2D eigenvalue weighted by molar-refractivity contribution is 8.00. The molecule has 11 heteroatoms. The predicted octanol–water partition coefficient (Wildman–Crippen LogP) is 6.19. The molecule has 1 aromatic heterocycles. The van der Waals surface area contributed by atoms with Crippen LogP contribution in [0.15, 0.2) is 39.4 Å². The minimum absolute atomic E-state index is 0.0117. The largest absolute Gasteiger partial charge is 0.482 e. The molecule has 0 unspecified atom stereocenters. The summed E-state index contributed by atoms with van der Waals surface area (Å²) in [5.41, 5.74) is 1.50. The zero-order valence-electron chi connectivity index (χ0n) is 21.2. The van der Waals surface area contributed by atoms with Crippen molar-refractivity contribution < 1.29 is 27.1 Å².